The number of sulfonamides is 1. The van der Waals surface area contributed by atoms with Crippen LogP contribution in [-0.2, 0) is 14.8 Å². The minimum atomic E-state index is -3.76. The van der Waals surface area contributed by atoms with Crippen LogP contribution >= 0.6 is 0 Å². The molecule has 0 saturated heterocycles. The Balaban J connectivity index is 3.01. The average Bonchev–Trinajstić information content (AvgIpc) is 2.49. The van der Waals surface area contributed by atoms with Gasteiger partial charge < -0.3 is 14.8 Å². The summed E-state index contributed by atoms with van der Waals surface area (Å²) in [5, 5.41) is 2.72. The zero-order valence-corrected chi connectivity index (χ0v) is 14.7. The van der Waals surface area contributed by atoms with Gasteiger partial charge in [0.05, 0.1) is 7.11 Å². The van der Waals surface area contributed by atoms with Crippen LogP contribution in [0, 0.1) is 0 Å². The molecule has 1 amide bonds. The van der Waals surface area contributed by atoms with Crippen molar-refractivity contribution in [1.29, 1.82) is 0 Å². The molecule has 1 aromatic carbocycles. The van der Waals surface area contributed by atoms with Crippen LogP contribution in [0.1, 0.15) is 30.6 Å². The van der Waals surface area contributed by atoms with Crippen molar-refractivity contribution in [3.63, 3.8) is 0 Å². The fourth-order valence-corrected chi connectivity index (χ4v) is 3.37. The lowest BCUT2D eigenvalue weighted by Gasteiger charge is -2.14. The lowest BCUT2D eigenvalue weighted by molar-refractivity contribution is 0.0948. The molecule has 0 heterocycles. The molecular weight excluding hydrogens is 320 g/mol. The topological polar surface area (TPSA) is 93.7 Å². The van der Waals surface area contributed by atoms with Crippen molar-refractivity contribution in [3.8, 4) is 5.75 Å². The standard InChI is InChI=1S/C15H24N2O5S/c1-11(2)17-23(19,20)14-10-12(6-7-13(14)22-4)15(18)16-8-5-9-21-3/h6-7,10-11,17H,5,8-9H2,1-4H3,(H,16,18). The van der Waals surface area contributed by atoms with E-state index >= 15 is 0 Å². The molecule has 1 aromatic rings. The molecule has 0 aliphatic carbocycles. The van der Waals surface area contributed by atoms with E-state index in [9.17, 15) is 13.2 Å². The molecular formula is C15H24N2O5S. The first-order chi connectivity index (χ1) is 10.8. The highest BCUT2D eigenvalue weighted by Crippen LogP contribution is 2.25. The molecule has 0 unspecified atom stereocenters. The number of ether oxygens (including phenoxy) is 2. The van der Waals surface area contributed by atoms with Crippen LogP contribution in [0.25, 0.3) is 0 Å². The Hall–Kier alpha value is -1.64. The van der Waals surface area contributed by atoms with Gasteiger partial charge >= 0.3 is 0 Å². The summed E-state index contributed by atoms with van der Waals surface area (Å²) in [6.07, 6.45) is 0.679. The van der Waals surface area contributed by atoms with Crippen molar-refractivity contribution in [1.82, 2.24) is 10.0 Å². The Morgan fingerprint density at radius 1 is 1.26 bits per heavy atom. The first-order valence-electron chi connectivity index (χ1n) is 7.29. The average molecular weight is 344 g/mol. The number of nitrogens with one attached hydrogen (secondary N) is 2. The number of amides is 1. The van der Waals surface area contributed by atoms with Gasteiger partial charge in [-0.25, -0.2) is 13.1 Å². The van der Waals surface area contributed by atoms with Crippen LogP contribution < -0.4 is 14.8 Å². The van der Waals surface area contributed by atoms with Gasteiger partial charge in [0.2, 0.25) is 10.0 Å². The van der Waals surface area contributed by atoms with Gasteiger partial charge in [-0.15, -0.1) is 0 Å². The highest BCUT2D eigenvalue weighted by Gasteiger charge is 2.22. The molecule has 8 heteroatoms. The molecule has 2 N–H and O–H groups in total. The van der Waals surface area contributed by atoms with E-state index in [-0.39, 0.29) is 28.2 Å². The van der Waals surface area contributed by atoms with Crippen LogP contribution in [0.3, 0.4) is 0 Å². The van der Waals surface area contributed by atoms with Gasteiger partial charge in [0.1, 0.15) is 10.6 Å². The Morgan fingerprint density at radius 3 is 2.52 bits per heavy atom. The number of carbonyl (C=O) groups is 1. The summed E-state index contributed by atoms with van der Waals surface area (Å²) in [5.74, 6) is -0.154. The lowest BCUT2D eigenvalue weighted by atomic mass is 10.2. The van der Waals surface area contributed by atoms with E-state index in [1.54, 1.807) is 21.0 Å². The molecule has 0 spiro atoms. The first kappa shape index (κ1) is 19.4. The molecule has 0 fully saturated rings. The quantitative estimate of drug-likeness (QED) is 0.656. The van der Waals surface area contributed by atoms with E-state index in [4.69, 9.17) is 9.47 Å². The highest BCUT2D eigenvalue weighted by atomic mass is 32.2. The van der Waals surface area contributed by atoms with Crippen LogP contribution in [-0.4, -0.2) is 47.7 Å². The minimum Gasteiger partial charge on any atom is -0.495 e. The fraction of sp³-hybridized carbons (Fsp3) is 0.533. The second-order valence-corrected chi connectivity index (χ2v) is 6.93. The Labute approximate surface area is 137 Å². The molecule has 0 radical (unpaired) electrons. The number of carbonyl (C=O) groups excluding carboxylic acids is 1. The van der Waals surface area contributed by atoms with E-state index in [1.807, 2.05) is 0 Å². The summed E-state index contributed by atoms with van der Waals surface area (Å²) in [6.45, 7) is 4.43. The molecule has 0 aliphatic rings. The van der Waals surface area contributed by atoms with Crippen LogP contribution in [0.15, 0.2) is 23.1 Å². The Kier molecular flexibility index (Phi) is 7.47. The molecule has 0 atom stereocenters. The zero-order chi connectivity index (χ0) is 17.5. The predicted molar refractivity (Wildman–Crippen MR) is 87.3 cm³/mol. The summed E-state index contributed by atoms with van der Waals surface area (Å²) in [5.41, 5.74) is 0.257. The lowest BCUT2D eigenvalue weighted by Crippen LogP contribution is -2.31. The summed E-state index contributed by atoms with van der Waals surface area (Å²) in [6, 6.07) is 4.05. The maximum Gasteiger partial charge on any atom is 0.251 e. The first-order valence-corrected chi connectivity index (χ1v) is 8.77. The monoisotopic (exact) mass is 344 g/mol. The van der Waals surface area contributed by atoms with E-state index in [2.05, 4.69) is 10.0 Å². The number of hydrogen-bond donors (Lipinski definition) is 2. The Morgan fingerprint density at radius 2 is 1.96 bits per heavy atom. The van der Waals surface area contributed by atoms with Crippen molar-refractivity contribution in [3.05, 3.63) is 23.8 Å². The normalized spacial score (nSPS) is 11.5. The largest absolute Gasteiger partial charge is 0.495 e. The third-order valence-corrected chi connectivity index (χ3v) is 4.60. The second kappa shape index (κ2) is 8.85. The van der Waals surface area contributed by atoms with Crippen molar-refractivity contribution in [2.45, 2.75) is 31.2 Å². The van der Waals surface area contributed by atoms with Crippen LogP contribution in [0.5, 0.6) is 5.75 Å². The van der Waals surface area contributed by atoms with Gasteiger partial charge in [-0.3, -0.25) is 4.79 Å². The van der Waals surface area contributed by atoms with E-state index < -0.39 is 10.0 Å². The third-order valence-electron chi connectivity index (χ3n) is 2.92. The van der Waals surface area contributed by atoms with Gasteiger partial charge in [-0.05, 0) is 38.5 Å². The molecule has 0 aliphatic heterocycles. The Bertz CT molecular complexity index is 629. The van der Waals surface area contributed by atoms with E-state index in [0.717, 1.165) is 0 Å². The van der Waals surface area contributed by atoms with Gasteiger partial charge in [-0.2, -0.15) is 0 Å². The van der Waals surface area contributed by atoms with Gasteiger partial charge in [0, 0.05) is 31.9 Å². The SMILES string of the molecule is COCCCNC(=O)c1ccc(OC)c(S(=O)(=O)NC(C)C)c1. The number of hydrogen-bond acceptors (Lipinski definition) is 5. The predicted octanol–water partition coefficient (Wildman–Crippen LogP) is 1.15. The molecule has 23 heavy (non-hydrogen) atoms. The molecule has 7 nitrogen and oxygen atoms in total. The number of rotatable bonds is 9. The molecule has 0 bridgehead atoms. The van der Waals surface area contributed by atoms with Crippen LogP contribution in [0.2, 0.25) is 0 Å². The molecule has 130 valence electrons. The number of benzene rings is 1. The molecule has 0 aromatic heterocycles. The zero-order valence-electron chi connectivity index (χ0n) is 13.9. The number of methoxy groups -OCH3 is 2. The van der Waals surface area contributed by atoms with Crippen molar-refractivity contribution < 1.29 is 22.7 Å². The maximum absolute atomic E-state index is 12.4. The van der Waals surface area contributed by atoms with E-state index in [1.165, 1.54) is 25.3 Å². The van der Waals surface area contributed by atoms with Crippen molar-refractivity contribution in [2.75, 3.05) is 27.4 Å². The summed E-state index contributed by atoms with van der Waals surface area (Å²) in [7, 11) is -0.792. The highest BCUT2D eigenvalue weighted by molar-refractivity contribution is 7.89. The van der Waals surface area contributed by atoms with Gasteiger partial charge in [-0.1, -0.05) is 0 Å². The summed E-state index contributed by atoms with van der Waals surface area (Å²) in [4.78, 5) is 12.0. The maximum atomic E-state index is 12.4. The van der Waals surface area contributed by atoms with Crippen molar-refractivity contribution in [2.24, 2.45) is 0 Å². The third kappa shape index (κ3) is 5.81. The minimum absolute atomic E-state index is 0.0572. The van der Waals surface area contributed by atoms with E-state index in [0.29, 0.717) is 19.6 Å². The van der Waals surface area contributed by atoms with Gasteiger partial charge in [0.25, 0.3) is 5.91 Å². The van der Waals surface area contributed by atoms with Crippen LogP contribution in [0.4, 0.5) is 0 Å². The fourth-order valence-electron chi connectivity index (χ4n) is 1.92. The molecule has 0 saturated carbocycles. The smallest absolute Gasteiger partial charge is 0.251 e. The van der Waals surface area contributed by atoms with Gasteiger partial charge in [0.15, 0.2) is 0 Å². The summed E-state index contributed by atoms with van der Waals surface area (Å²) >= 11 is 0. The van der Waals surface area contributed by atoms with Crippen molar-refractivity contribution >= 4 is 15.9 Å². The second-order valence-electron chi connectivity index (χ2n) is 5.24. The summed E-state index contributed by atoms with van der Waals surface area (Å²) < 4.78 is 37.2. The molecule has 1 rings (SSSR count).